The zero-order valence-electron chi connectivity index (χ0n) is 16.3. The first-order chi connectivity index (χ1) is 14.0. The van der Waals surface area contributed by atoms with Gasteiger partial charge in [0.1, 0.15) is 0 Å². The number of aliphatic hydroxyl groups is 1. The van der Waals surface area contributed by atoms with Crippen molar-refractivity contribution in [3.8, 4) is 0 Å². The highest BCUT2D eigenvalue weighted by atomic mass is 35.5. The number of hydrogen-bond donors (Lipinski definition) is 2. The molecule has 8 heteroatoms. The van der Waals surface area contributed by atoms with Gasteiger partial charge in [0.25, 0.3) is 5.91 Å². The van der Waals surface area contributed by atoms with Crippen molar-refractivity contribution < 1.29 is 23.1 Å². The summed E-state index contributed by atoms with van der Waals surface area (Å²) < 4.78 is 41.9. The van der Waals surface area contributed by atoms with Crippen LogP contribution >= 0.6 is 11.6 Å². The lowest BCUT2D eigenvalue weighted by Gasteiger charge is -2.37. The fourth-order valence-corrected chi connectivity index (χ4v) is 3.88. The number of benzene rings is 2. The number of nitrogens with zero attached hydrogens (tertiary/aromatic N) is 1. The maximum absolute atomic E-state index is 14.0. The highest BCUT2D eigenvalue weighted by Gasteiger charge is 2.61. The highest BCUT2D eigenvalue weighted by molar-refractivity contribution is 6.31. The van der Waals surface area contributed by atoms with E-state index >= 15 is 0 Å². The molecular formula is C22H20ClF3N2O2. The molecule has 0 aliphatic carbocycles. The van der Waals surface area contributed by atoms with Gasteiger partial charge >= 0.3 is 6.18 Å². The van der Waals surface area contributed by atoms with Crippen molar-refractivity contribution in [1.29, 1.82) is 0 Å². The number of hydrogen-bond acceptors (Lipinski definition) is 3. The maximum Gasteiger partial charge on any atom is 0.426 e. The normalized spacial score (nSPS) is 14.4. The first-order valence-corrected chi connectivity index (χ1v) is 9.53. The molecule has 0 saturated heterocycles. The molecule has 3 rings (SSSR count). The Bertz CT molecular complexity index is 1080. The largest absolute Gasteiger partial charge is 0.426 e. The molecule has 0 saturated carbocycles. The Morgan fingerprint density at radius 2 is 1.77 bits per heavy atom. The number of aromatic nitrogens is 1. The molecular weight excluding hydrogens is 417 g/mol. The summed E-state index contributed by atoms with van der Waals surface area (Å²) in [6.07, 6.45) is -4.59. The predicted octanol–water partition coefficient (Wildman–Crippen LogP) is 5.49. The van der Waals surface area contributed by atoms with Gasteiger partial charge in [-0.3, -0.25) is 9.78 Å². The molecule has 1 amide bonds. The quantitative estimate of drug-likeness (QED) is 0.556. The topological polar surface area (TPSA) is 62.2 Å². The summed E-state index contributed by atoms with van der Waals surface area (Å²) in [5.41, 5.74) is -3.86. The van der Waals surface area contributed by atoms with E-state index in [0.29, 0.717) is 16.5 Å². The van der Waals surface area contributed by atoms with E-state index in [4.69, 9.17) is 11.6 Å². The molecule has 0 spiro atoms. The van der Waals surface area contributed by atoms with E-state index < -0.39 is 29.5 Å². The number of alkyl halides is 3. The first kappa shape index (κ1) is 22.1. The second-order valence-corrected chi connectivity index (χ2v) is 8.14. The van der Waals surface area contributed by atoms with Gasteiger partial charge in [-0.1, -0.05) is 49.7 Å². The third-order valence-corrected chi connectivity index (χ3v) is 5.37. The van der Waals surface area contributed by atoms with Gasteiger partial charge in [-0.05, 0) is 41.3 Å². The summed E-state index contributed by atoms with van der Waals surface area (Å²) in [7, 11) is 0. The van der Waals surface area contributed by atoms with Crippen molar-refractivity contribution in [1.82, 2.24) is 4.98 Å². The SMILES string of the molecule is CC(C)(CC(O)(C(=O)Nc1cccc2ncccc12)C(F)(F)F)c1ccccc1Cl. The lowest BCUT2D eigenvalue weighted by Crippen LogP contribution is -2.57. The van der Waals surface area contributed by atoms with Crippen LogP contribution in [0.2, 0.25) is 5.02 Å². The van der Waals surface area contributed by atoms with Crippen molar-refractivity contribution >= 4 is 34.1 Å². The van der Waals surface area contributed by atoms with Crippen LogP contribution in [0.4, 0.5) is 18.9 Å². The van der Waals surface area contributed by atoms with Crippen LogP contribution in [0.25, 0.3) is 10.9 Å². The molecule has 0 aliphatic rings. The van der Waals surface area contributed by atoms with Crippen molar-refractivity contribution in [2.24, 2.45) is 0 Å². The number of amides is 1. The second kappa shape index (κ2) is 7.89. The summed E-state index contributed by atoms with van der Waals surface area (Å²) in [5, 5.41) is 13.6. The Labute approximate surface area is 176 Å². The molecule has 1 heterocycles. The molecule has 3 aromatic rings. The summed E-state index contributed by atoms with van der Waals surface area (Å²) in [6, 6.07) is 14.3. The van der Waals surface area contributed by atoms with Crippen molar-refractivity contribution in [2.45, 2.75) is 37.5 Å². The summed E-state index contributed by atoms with van der Waals surface area (Å²) in [4.78, 5) is 16.9. The third-order valence-electron chi connectivity index (χ3n) is 5.04. The van der Waals surface area contributed by atoms with E-state index in [0.717, 1.165) is 0 Å². The van der Waals surface area contributed by atoms with Gasteiger partial charge in [0.05, 0.1) is 11.2 Å². The zero-order chi connectivity index (χ0) is 22.2. The lowest BCUT2D eigenvalue weighted by atomic mass is 9.74. The smallest absolute Gasteiger partial charge is 0.373 e. The minimum atomic E-state index is -5.21. The van der Waals surface area contributed by atoms with Gasteiger partial charge in [0.2, 0.25) is 5.60 Å². The minimum absolute atomic E-state index is 0.129. The number of halogens is 4. The molecule has 4 nitrogen and oxygen atoms in total. The zero-order valence-corrected chi connectivity index (χ0v) is 17.1. The van der Waals surface area contributed by atoms with E-state index in [1.54, 1.807) is 48.5 Å². The number of nitrogens with one attached hydrogen (secondary N) is 1. The molecule has 0 bridgehead atoms. The number of carbonyl (C=O) groups is 1. The van der Waals surface area contributed by atoms with Crippen LogP contribution in [-0.2, 0) is 10.2 Å². The molecule has 0 aliphatic heterocycles. The molecule has 158 valence electrons. The Hall–Kier alpha value is -2.64. The third kappa shape index (κ3) is 4.13. The van der Waals surface area contributed by atoms with Crippen molar-refractivity contribution in [3.05, 3.63) is 71.4 Å². The minimum Gasteiger partial charge on any atom is -0.373 e. The standard InChI is InChI=1S/C22H20ClF3N2O2/c1-20(2,15-8-3-4-9-16(15)23)13-21(30,22(24,25)26)19(29)28-18-11-5-10-17-14(18)7-6-12-27-17/h3-12,30H,13H2,1-2H3,(H,28,29). The van der Waals surface area contributed by atoms with Crippen LogP contribution in [0, 0.1) is 0 Å². The number of pyridine rings is 1. The molecule has 1 unspecified atom stereocenters. The van der Waals surface area contributed by atoms with E-state index in [2.05, 4.69) is 10.3 Å². The van der Waals surface area contributed by atoms with E-state index in [1.807, 2.05) is 0 Å². The Kier molecular flexibility index (Phi) is 5.80. The fraction of sp³-hybridized carbons (Fsp3) is 0.273. The van der Waals surface area contributed by atoms with Crippen LogP contribution in [0.3, 0.4) is 0 Å². The predicted molar refractivity (Wildman–Crippen MR) is 110 cm³/mol. The Morgan fingerprint density at radius 1 is 1.07 bits per heavy atom. The average Bonchev–Trinajstić information content (AvgIpc) is 2.67. The van der Waals surface area contributed by atoms with E-state index in [-0.39, 0.29) is 10.7 Å². The molecule has 0 fully saturated rings. The van der Waals surface area contributed by atoms with E-state index in [9.17, 15) is 23.1 Å². The number of anilines is 1. The highest BCUT2D eigenvalue weighted by Crippen LogP contribution is 2.43. The van der Waals surface area contributed by atoms with E-state index in [1.165, 1.54) is 26.1 Å². The van der Waals surface area contributed by atoms with Crippen LogP contribution in [-0.4, -0.2) is 27.8 Å². The maximum atomic E-state index is 14.0. The van der Waals surface area contributed by atoms with Crippen LogP contribution in [0.5, 0.6) is 0 Å². The first-order valence-electron chi connectivity index (χ1n) is 9.15. The summed E-state index contributed by atoms with van der Waals surface area (Å²) in [6.45, 7) is 3.00. The molecule has 1 aromatic heterocycles. The van der Waals surface area contributed by atoms with Gasteiger partial charge in [0.15, 0.2) is 0 Å². The second-order valence-electron chi connectivity index (χ2n) is 7.73. The molecule has 30 heavy (non-hydrogen) atoms. The summed E-state index contributed by atoms with van der Waals surface area (Å²) >= 11 is 6.16. The molecule has 0 radical (unpaired) electrons. The number of fused-ring (bicyclic) bond motifs is 1. The fourth-order valence-electron chi connectivity index (χ4n) is 3.49. The van der Waals surface area contributed by atoms with Crippen molar-refractivity contribution in [2.75, 3.05) is 5.32 Å². The average molecular weight is 437 g/mol. The van der Waals surface area contributed by atoms with Gasteiger partial charge in [0, 0.05) is 23.0 Å². The molecule has 2 N–H and O–H groups in total. The molecule has 2 aromatic carbocycles. The van der Waals surface area contributed by atoms with Gasteiger partial charge in [-0.25, -0.2) is 0 Å². The summed E-state index contributed by atoms with van der Waals surface area (Å²) in [5.74, 6) is -1.56. The van der Waals surface area contributed by atoms with Gasteiger partial charge < -0.3 is 10.4 Å². The Balaban J connectivity index is 1.99. The lowest BCUT2D eigenvalue weighted by molar-refractivity contribution is -0.254. The van der Waals surface area contributed by atoms with Crippen LogP contribution < -0.4 is 5.32 Å². The van der Waals surface area contributed by atoms with Crippen molar-refractivity contribution in [3.63, 3.8) is 0 Å². The number of rotatable bonds is 5. The molecule has 1 atom stereocenters. The van der Waals surface area contributed by atoms with Crippen LogP contribution in [0.1, 0.15) is 25.8 Å². The van der Waals surface area contributed by atoms with Crippen LogP contribution in [0.15, 0.2) is 60.8 Å². The monoisotopic (exact) mass is 436 g/mol. The Morgan fingerprint density at radius 3 is 2.43 bits per heavy atom. The number of carbonyl (C=O) groups excluding carboxylic acids is 1. The van der Waals surface area contributed by atoms with Gasteiger partial charge in [-0.2, -0.15) is 13.2 Å². The van der Waals surface area contributed by atoms with Gasteiger partial charge in [-0.15, -0.1) is 0 Å².